The highest BCUT2D eigenvalue weighted by Gasteiger charge is 2.14. The Hall–Kier alpha value is -2.25. The van der Waals surface area contributed by atoms with Crippen molar-refractivity contribution in [1.29, 1.82) is 0 Å². The molecule has 0 atom stereocenters. The summed E-state index contributed by atoms with van der Waals surface area (Å²) in [5, 5.41) is 1.06. The summed E-state index contributed by atoms with van der Waals surface area (Å²) in [6, 6.07) is 7.04. The minimum Gasteiger partial charge on any atom is -0.333 e. The predicted octanol–water partition coefficient (Wildman–Crippen LogP) is 1.97. The first-order valence-electron chi connectivity index (χ1n) is 7.44. The molecule has 0 aromatic carbocycles. The van der Waals surface area contributed by atoms with E-state index in [-0.39, 0.29) is 4.90 Å². The zero-order chi connectivity index (χ0) is 16.3. The van der Waals surface area contributed by atoms with E-state index in [1.807, 2.05) is 18.3 Å². The predicted molar refractivity (Wildman–Crippen MR) is 88.5 cm³/mol. The SMILES string of the molecule is CCn1cc(CCNS(=O)(=O)c2cccnc2)c2cccnc21. The van der Waals surface area contributed by atoms with Crippen LogP contribution in [-0.4, -0.2) is 29.5 Å². The largest absolute Gasteiger partial charge is 0.333 e. The lowest BCUT2D eigenvalue weighted by atomic mass is 10.2. The highest BCUT2D eigenvalue weighted by atomic mass is 32.2. The third kappa shape index (κ3) is 3.25. The van der Waals surface area contributed by atoms with E-state index in [1.54, 1.807) is 18.5 Å². The molecule has 6 nitrogen and oxygen atoms in total. The molecule has 0 saturated heterocycles. The van der Waals surface area contributed by atoms with Gasteiger partial charge in [-0.05, 0) is 43.2 Å². The van der Waals surface area contributed by atoms with Gasteiger partial charge in [-0.3, -0.25) is 4.98 Å². The van der Waals surface area contributed by atoms with E-state index in [2.05, 4.69) is 26.2 Å². The Labute approximate surface area is 135 Å². The maximum atomic E-state index is 12.2. The second-order valence-electron chi connectivity index (χ2n) is 5.15. The fourth-order valence-corrected chi connectivity index (χ4v) is 3.54. The van der Waals surface area contributed by atoms with E-state index < -0.39 is 10.0 Å². The first-order chi connectivity index (χ1) is 11.1. The molecule has 3 rings (SSSR count). The van der Waals surface area contributed by atoms with Gasteiger partial charge in [-0.15, -0.1) is 0 Å². The molecule has 0 aliphatic heterocycles. The number of sulfonamides is 1. The van der Waals surface area contributed by atoms with E-state index in [9.17, 15) is 8.42 Å². The van der Waals surface area contributed by atoms with Gasteiger partial charge < -0.3 is 4.57 Å². The van der Waals surface area contributed by atoms with Crippen LogP contribution in [0.1, 0.15) is 12.5 Å². The smallest absolute Gasteiger partial charge is 0.242 e. The third-order valence-electron chi connectivity index (χ3n) is 3.69. The lowest BCUT2D eigenvalue weighted by molar-refractivity contribution is 0.581. The van der Waals surface area contributed by atoms with Gasteiger partial charge >= 0.3 is 0 Å². The van der Waals surface area contributed by atoms with Crippen molar-refractivity contribution in [3.05, 3.63) is 54.6 Å². The standard InChI is InChI=1S/C16H18N4O2S/c1-2-20-12-13(15-6-4-9-18-16(15)20)7-10-19-23(21,22)14-5-3-8-17-11-14/h3-6,8-9,11-12,19H,2,7,10H2,1H3. The summed E-state index contributed by atoms with van der Waals surface area (Å²) in [4.78, 5) is 8.41. The molecule has 0 aliphatic carbocycles. The number of aryl methyl sites for hydroxylation is 1. The molecule has 0 unspecified atom stereocenters. The van der Waals surface area contributed by atoms with Gasteiger partial charge in [0.2, 0.25) is 10.0 Å². The van der Waals surface area contributed by atoms with Gasteiger partial charge in [0.1, 0.15) is 10.5 Å². The molecule has 120 valence electrons. The molecule has 0 spiro atoms. The molecule has 0 aliphatic rings. The summed E-state index contributed by atoms with van der Waals surface area (Å²) in [6.07, 6.45) is 7.30. The molecule has 3 heterocycles. The van der Waals surface area contributed by atoms with Crippen LogP contribution in [0, 0.1) is 0 Å². The Morgan fingerprint density at radius 2 is 2.04 bits per heavy atom. The van der Waals surface area contributed by atoms with Gasteiger partial charge in [-0.25, -0.2) is 18.1 Å². The molecule has 0 saturated carbocycles. The molecule has 23 heavy (non-hydrogen) atoms. The summed E-state index contributed by atoms with van der Waals surface area (Å²) in [6.45, 7) is 3.22. The normalized spacial score (nSPS) is 11.9. The fraction of sp³-hybridized carbons (Fsp3) is 0.250. The van der Waals surface area contributed by atoms with E-state index >= 15 is 0 Å². The van der Waals surface area contributed by atoms with Crippen LogP contribution in [0.3, 0.4) is 0 Å². The molecule has 0 bridgehead atoms. The van der Waals surface area contributed by atoms with Crippen LogP contribution >= 0.6 is 0 Å². The highest BCUT2D eigenvalue weighted by molar-refractivity contribution is 7.89. The second-order valence-corrected chi connectivity index (χ2v) is 6.92. The summed E-state index contributed by atoms with van der Waals surface area (Å²) in [5.41, 5.74) is 2.02. The maximum absolute atomic E-state index is 12.2. The van der Waals surface area contributed by atoms with Crippen LogP contribution in [0.25, 0.3) is 11.0 Å². The first-order valence-corrected chi connectivity index (χ1v) is 8.92. The highest BCUT2D eigenvalue weighted by Crippen LogP contribution is 2.19. The average Bonchev–Trinajstić information content (AvgIpc) is 2.94. The molecule has 3 aromatic heterocycles. The summed E-state index contributed by atoms with van der Waals surface area (Å²) in [5.74, 6) is 0. The molecule has 1 N–H and O–H groups in total. The summed E-state index contributed by atoms with van der Waals surface area (Å²) in [7, 11) is -3.52. The second kappa shape index (κ2) is 6.47. The van der Waals surface area contributed by atoms with Crippen molar-refractivity contribution in [1.82, 2.24) is 19.3 Å². The molecule has 0 fully saturated rings. The van der Waals surface area contributed by atoms with Crippen molar-refractivity contribution in [2.75, 3.05) is 6.54 Å². The Morgan fingerprint density at radius 3 is 2.78 bits per heavy atom. The lowest BCUT2D eigenvalue weighted by Gasteiger charge is -2.05. The maximum Gasteiger partial charge on any atom is 0.242 e. The number of rotatable bonds is 6. The zero-order valence-electron chi connectivity index (χ0n) is 12.8. The minimum absolute atomic E-state index is 0.178. The van der Waals surface area contributed by atoms with Gasteiger partial charge in [0.15, 0.2) is 0 Å². The van der Waals surface area contributed by atoms with Gasteiger partial charge in [0, 0.05) is 43.3 Å². The van der Waals surface area contributed by atoms with Crippen molar-refractivity contribution in [2.45, 2.75) is 24.8 Å². The number of hydrogen-bond donors (Lipinski definition) is 1. The molecule has 7 heteroatoms. The Morgan fingerprint density at radius 1 is 1.22 bits per heavy atom. The fourth-order valence-electron chi connectivity index (χ4n) is 2.55. The van der Waals surface area contributed by atoms with E-state index in [1.165, 1.54) is 12.3 Å². The summed E-state index contributed by atoms with van der Waals surface area (Å²) >= 11 is 0. The van der Waals surface area contributed by atoms with Crippen LogP contribution in [0.5, 0.6) is 0 Å². The van der Waals surface area contributed by atoms with E-state index in [0.29, 0.717) is 13.0 Å². The number of hydrogen-bond acceptors (Lipinski definition) is 4. The quantitative estimate of drug-likeness (QED) is 0.750. The first kappa shape index (κ1) is 15.6. The van der Waals surface area contributed by atoms with Crippen molar-refractivity contribution < 1.29 is 8.42 Å². The Kier molecular flexibility index (Phi) is 4.40. The Balaban J connectivity index is 1.75. The van der Waals surface area contributed by atoms with Crippen molar-refractivity contribution >= 4 is 21.1 Å². The molecule has 3 aromatic rings. The van der Waals surface area contributed by atoms with Crippen molar-refractivity contribution in [3.8, 4) is 0 Å². The molecule has 0 radical (unpaired) electrons. The van der Waals surface area contributed by atoms with Crippen LogP contribution in [0.4, 0.5) is 0 Å². The van der Waals surface area contributed by atoms with Crippen molar-refractivity contribution in [2.24, 2.45) is 0 Å². The van der Waals surface area contributed by atoms with E-state index in [4.69, 9.17) is 0 Å². The van der Waals surface area contributed by atoms with Gasteiger partial charge in [-0.1, -0.05) is 0 Å². The molecular weight excluding hydrogens is 312 g/mol. The number of aromatic nitrogens is 3. The average molecular weight is 330 g/mol. The van der Waals surface area contributed by atoms with Gasteiger partial charge in [0.05, 0.1) is 0 Å². The molecular formula is C16H18N4O2S. The van der Waals surface area contributed by atoms with Crippen LogP contribution in [-0.2, 0) is 23.0 Å². The lowest BCUT2D eigenvalue weighted by Crippen LogP contribution is -2.26. The monoisotopic (exact) mass is 330 g/mol. The number of nitrogens with zero attached hydrogens (tertiary/aromatic N) is 3. The summed E-state index contributed by atoms with van der Waals surface area (Å²) < 4.78 is 29.0. The molecule has 0 amide bonds. The minimum atomic E-state index is -3.52. The van der Waals surface area contributed by atoms with Gasteiger partial charge in [-0.2, -0.15) is 0 Å². The third-order valence-corrected chi connectivity index (χ3v) is 5.13. The van der Waals surface area contributed by atoms with E-state index in [0.717, 1.165) is 23.1 Å². The van der Waals surface area contributed by atoms with Gasteiger partial charge in [0.25, 0.3) is 0 Å². The van der Waals surface area contributed by atoms with Crippen LogP contribution in [0.15, 0.2) is 53.9 Å². The number of fused-ring (bicyclic) bond motifs is 1. The Bertz CT molecular complexity index is 904. The number of nitrogens with one attached hydrogen (secondary N) is 1. The van der Waals surface area contributed by atoms with Crippen molar-refractivity contribution in [3.63, 3.8) is 0 Å². The zero-order valence-corrected chi connectivity index (χ0v) is 13.6. The number of pyridine rings is 2. The topological polar surface area (TPSA) is 76.9 Å². The van der Waals surface area contributed by atoms with Crippen LogP contribution in [0.2, 0.25) is 0 Å². The van der Waals surface area contributed by atoms with Crippen LogP contribution < -0.4 is 4.72 Å².